The van der Waals surface area contributed by atoms with Crippen LogP contribution in [0.5, 0.6) is 0 Å². The fourth-order valence-corrected chi connectivity index (χ4v) is 2.69. The Bertz CT molecular complexity index is 374. The summed E-state index contributed by atoms with van der Waals surface area (Å²) >= 11 is 0. The van der Waals surface area contributed by atoms with Crippen molar-refractivity contribution in [1.82, 2.24) is 4.98 Å². The maximum atomic E-state index is 4.05. The molecule has 92 valence electrons. The summed E-state index contributed by atoms with van der Waals surface area (Å²) in [6.45, 7) is 7.11. The molecule has 1 heterocycles. The normalized spacial score (nSPS) is 21.4. The lowest BCUT2D eigenvalue weighted by molar-refractivity contribution is 0.198. The smallest absolute Gasteiger partial charge is 0.0273 e. The first-order valence-corrected chi connectivity index (χ1v) is 6.65. The second-order valence-corrected chi connectivity index (χ2v) is 6.22. The Morgan fingerprint density at radius 3 is 2.24 bits per heavy atom. The highest BCUT2D eigenvalue weighted by atomic mass is 14.6. The lowest BCUT2D eigenvalue weighted by Crippen LogP contribution is -2.23. The van der Waals surface area contributed by atoms with Crippen molar-refractivity contribution in [2.24, 2.45) is 11.3 Å². The van der Waals surface area contributed by atoms with E-state index in [4.69, 9.17) is 0 Å². The first kappa shape index (κ1) is 12.3. The molecule has 0 N–H and O–H groups in total. The predicted molar refractivity (Wildman–Crippen MR) is 73.6 cm³/mol. The van der Waals surface area contributed by atoms with Crippen molar-refractivity contribution < 1.29 is 0 Å². The van der Waals surface area contributed by atoms with Crippen LogP contribution in [0.1, 0.15) is 52.0 Å². The van der Waals surface area contributed by atoms with Gasteiger partial charge in [0.05, 0.1) is 0 Å². The minimum Gasteiger partial charge on any atom is -0.265 e. The van der Waals surface area contributed by atoms with Gasteiger partial charge in [0, 0.05) is 12.4 Å². The molecule has 0 radical (unpaired) electrons. The summed E-state index contributed by atoms with van der Waals surface area (Å²) in [7, 11) is 0. The lowest BCUT2D eigenvalue weighted by atomic mass is 9.71. The summed E-state index contributed by atoms with van der Waals surface area (Å²) < 4.78 is 0. The molecule has 0 bridgehead atoms. The van der Waals surface area contributed by atoms with E-state index in [9.17, 15) is 0 Å². The number of hydrogen-bond donors (Lipinski definition) is 0. The molecule has 0 aromatic carbocycles. The summed E-state index contributed by atoms with van der Waals surface area (Å²) in [5, 5.41) is 0. The number of hydrogen-bond acceptors (Lipinski definition) is 1. The molecule has 0 saturated heterocycles. The van der Waals surface area contributed by atoms with E-state index in [0.29, 0.717) is 5.41 Å². The average Bonchev–Trinajstić information content (AvgIpc) is 2.30. The Morgan fingerprint density at radius 1 is 1.12 bits per heavy atom. The van der Waals surface area contributed by atoms with Crippen LogP contribution in [0.25, 0.3) is 6.08 Å². The molecule has 17 heavy (non-hydrogen) atoms. The first-order valence-electron chi connectivity index (χ1n) is 6.65. The molecule has 0 amide bonds. The van der Waals surface area contributed by atoms with Crippen LogP contribution in [0.4, 0.5) is 0 Å². The fraction of sp³-hybridized carbons (Fsp3) is 0.562. The maximum absolute atomic E-state index is 4.05. The quantitative estimate of drug-likeness (QED) is 0.680. The van der Waals surface area contributed by atoms with Crippen LogP contribution in [-0.4, -0.2) is 4.98 Å². The number of allylic oxidation sites excluding steroid dienone is 1. The van der Waals surface area contributed by atoms with Gasteiger partial charge < -0.3 is 0 Å². The third kappa shape index (κ3) is 3.42. The molecule has 1 aromatic heterocycles. The van der Waals surface area contributed by atoms with Gasteiger partial charge in [0.1, 0.15) is 0 Å². The number of pyridine rings is 1. The SMILES string of the molecule is CC(C)(C)C1CCC(=Cc2ccncc2)CC1. The van der Waals surface area contributed by atoms with Crippen molar-refractivity contribution in [3.63, 3.8) is 0 Å². The number of aromatic nitrogens is 1. The molecule has 1 nitrogen and oxygen atoms in total. The molecule has 0 spiro atoms. The largest absolute Gasteiger partial charge is 0.265 e. The Kier molecular flexibility index (Phi) is 3.66. The van der Waals surface area contributed by atoms with Gasteiger partial charge in [0.25, 0.3) is 0 Å². The van der Waals surface area contributed by atoms with Crippen LogP contribution >= 0.6 is 0 Å². The van der Waals surface area contributed by atoms with Gasteiger partial charge >= 0.3 is 0 Å². The third-order valence-corrected chi connectivity index (χ3v) is 3.93. The minimum absolute atomic E-state index is 0.474. The van der Waals surface area contributed by atoms with E-state index >= 15 is 0 Å². The monoisotopic (exact) mass is 229 g/mol. The van der Waals surface area contributed by atoms with Crippen molar-refractivity contribution in [2.45, 2.75) is 46.5 Å². The van der Waals surface area contributed by atoms with E-state index in [2.05, 4.69) is 44.0 Å². The summed E-state index contributed by atoms with van der Waals surface area (Å²) in [5.41, 5.74) is 3.38. The Balaban J connectivity index is 1.98. The van der Waals surface area contributed by atoms with Crippen LogP contribution in [0.15, 0.2) is 30.1 Å². The van der Waals surface area contributed by atoms with Crippen molar-refractivity contribution in [3.8, 4) is 0 Å². The standard InChI is InChI=1S/C16H23N/c1-16(2,3)15-6-4-13(5-7-15)12-14-8-10-17-11-9-14/h8-12,15H,4-7H2,1-3H3. The summed E-state index contributed by atoms with van der Waals surface area (Å²) in [4.78, 5) is 4.05. The maximum Gasteiger partial charge on any atom is 0.0273 e. The zero-order chi connectivity index (χ0) is 12.3. The third-order valence-electron chi connectivity index (χ3n) is 3.93. The topological polar surface area (TPSA) is 12.9 Å². The van der Waals surface area contributed by atoms with E-state index in [1.807, 2.05) is 12.4 Å². The molecular weight excluding hydrogens is 206 g/mol. The average molecular weight is 229 g/mol. The van der Waals surface area contributed by atoms with Crippen LogP contribution in [-0.2, 0) is 0 Å². The van der Waals surface area contributed by atoms with E-state index < -0.39 is 0 Å². The van der Waals surface area contributed by atoms with Crippen molar-refractivity contribution in [2.75, 3.05) is 0 Å². The molecule has 1 fully saturated rings. The van der Waals surface area contributed by atoms with Gasteiger partial charge in [-0.15, -0.1) is 0 Å². The molecule has 1 aliphatic carbocycles. The Morgan fingerprint density at radius 2 is 1.71 bits per heavy atom. The van der Waals surface area contributed by atoms with Gasteiger partial charge in [-0.1, -0.05) is 32.4 Å². The summed E-state index contributed by atoms with van der Waals surface area (Å²) in [6.07, 6.45) is 11.3. The van der Waals surface area contributed by atoms with Crippen LogP contribution in [0.2, 0.25) is 0 Å². The highest BCUT2D eigenvalue weighted by Gasteiger charge is 2.27. The van der Waals surface area contributed by atoms with Crippen molar-refractivity contribution >= 4 is 6.08 Å². The second-order valence-electron chi connectivity index (χ2n) is 6.22. The van der Waals surface area contributed by atoms with E-state index in [1.54, 1.807) is 5.57 Å². The van der Waals surface area contributed by atoms with E-state index in [0.717, 1.165) is 5.92 Å². The van der Waals surface area contributed by atoms with Gasteiger partial charge in [-0.25, -0.2) is 0 Å². The van der Waals surface area contributed by atoms with Crippen molar-refractivity contribution in [3.05, 3.63) is 35.7 Å². The summed E-state index contributed by atoms with van der Waals surface area (Å²) in [6, 6.07) is 4.17. The molecule has 0 atom stereocenters. The zero-order valence-electron chi connectivity index (χ0n) is 11.2. The van der Waals surface area contributed by atoms with Crippen LogP contribution in [0, 0.1) is 11.3 Å². The molecule has 1 aromatic rings. The second kappa shape index (κ2) is 5.03. The van der Waals surface area contributed by atoms with E-state index in [1.165, 1.54) is 31.2 Å². The molecule has 1 saturated carbocycles. The lowest BCUT2D eigenvalue weighted by Gasteiger charge is -2.34. The Hall–Kier alpha value is -1.11. The van der Waals surface area contributed by atoms with Gasteiger partial charge in [-0.05, 0) is 54.7 Å². The van der Waals surface area contributed by atoms with Gasteiger partial charge in [-0.2, -0.15) is 0 Å². The van der Waals surface area contributed by atoms with Crippen LogP contribution in [0.3, 0.4) is 0 Å². The highest BCUT2D eigenvalue weighted by Crippen LogP contribution is 2.39. The molecule has 0 aliphatic heterocycles. The minimum atomic E-state index is 0.474. The molecule has 1 aliphatic rings. The summed E-state index contributed by atoms with van der Waals surface area (Å²) in [5.74, 6) is 0.886. The zero-order valence-corrected chi connectivity index (χ0v) is 11.2. The number of rotatable bonds is 1. The van der Waals surface area contributed by atoms with Crippen molar-refractivity contribution in [1.29, 1.82) is 0 Å². The van der Waals surface area contributed by atoms with Crippen LogP contribution < -0.4 is 0 Å². The van der Waals surface area contributed by atoms with Gasteiger partial charge in [0.15, 0.2) is 0 Å². The number of nitrogens with zero attached hydrogens (tertiary/aromatic N) is 1. The Labute approximate surface area is 105 Å². The molecule has 0 unspecified atom stereocenters. The predicted octanol–water partition coefficient (Wildman–Crippen LogP) is 4.70. The highest BCUT2D eigenvalue weighted by molar-refractivity contribution is 5.52. The van der Waals surface area contributed by atoms with E-state index in [-0.39, 0.29) is 0 Å². The molecule has 2 rings (SSSR count). The molecule has 1 heteroatoms. The first-order chi connectivity index (χ1) is 8.05. The van der Waals surface area contributed by atoms with Gasteiger partial charge in [0.2, 0.25) is 0 Å². The van der Waals surface area contributed by atoms with Gasteiger partial charge in [-0.3, -0.25) is 4.98 Å². The molecular formula is C16H23N. The fourth-order valence-electron chi connectivity index (χ4n) is 2.69.